The van der Waals surface area contributed by atoms with Crippen molar-refractivity contribution in [1.82, 2.24) is 10.6 Å². The summed E-state index contributed by atoms with van der Waals surface area (Å²) in [6.45, 7) is 2.36. The summed E-state index contributed by atoms with van der Waals surface area (Å²) in [6, 6.07) is 12.3. The van der Waals surface area contributed by atoms with E-state index in [1.54, 1.807) is 6.07 Å². The molecule has 0 spiro atoms. The van der Waals surface area contributed by atoms with Crippen molar-refractivity contribution in [3.63, 3.8) is 0 Å². The fourth-order valence-corrected chi connectivity index (χ4v) is 4.83. The van der Waals surface area contributed by atoms with Gasteiger partial charge in [-0.25, -0.2) is 4.39 Å². The largest absolute Gasteiger partial charge is 0.408 e. The van der Waals surface area contributed by atoms with E-state index in [-0.39, 0.29) is 11.1 Å². The molecule has 3 nitrogen and oxygen atoms in total. The third-order valence-electron chi connectivity index (χ3n) is 6.30. The average molecular weight is 408 g/mol. The van der Waals surface area contributed by atoms with Crippen LogP contribution in [0.2, 0.25) is 0 Å². The summed E-state index contributed by atoms with van der Waals surface area (Å²) in [5, 5.41) is 5.39. The minimum Gasteiger partial charge on any atom is -0.358 e. The van der Waals surface area contributed by atoms with Gasteiger partial charge in [0.2, 0.25) is 5.91 Å². The van der Waals surface area contributed by atoms with Crippen molar-refractivity contribution in [2.75, 3.05) is 20.1 Å². The lowest BCUT2D eigenvalue weighted by atomic mass is 9.51. The van der Waals surface area contributed by atoms with Gasteiger partial charge in [-0.15, -0.1) is 0 Å². The number of hydrogen-bond acceptors (Lipinski definition) is 2. The van der Waals surface area contributed by atoms with Crippen LogP contribution >= 0.6 is 0 Å². The van der Waals surface area contributed by atoms with E-state index in [2.05, 4.69) is 10.6 Å². The molecule has 0 bridgehead atoms. The maximum absolute atomic E-state index is 15.1. The van der Waals surface area contributed by atoms with E-state index < -0.39 is 34.6 Å². The Bertz CT molecular complexity index is 847. The number of carbonyl (C=O) groups excluding carboxylic acids is 1. The molecule has 1 aliphatic rings. The van der Waals surface area contributed by atoms with E-state index >= 15 is 13.2 Å². The van der Waals surface area contributed by atoms with Crippen molar-refractivity contribution >= 4 is 5.91 Å². The van der Waals surface area contributed by atoms with Gasteiger partial charge in [0.15, 0.2) is 5.41 Å². The van der Waals surface area contributed by atoms with Crippen LogP contribution in [0.5, 0.6) is 0 Å². The topological polar surface area (TPSA) is 41.1 Å². The monoisotopic (exact) mass is 408 g/mol. The average Bonchev–Trinajstić information content (AvgIpc) is 3.23. The fraction of sp³-hybridized carbons (Fsp3) is 0.409. The van der Waals surface area contributed by atoms with Crippen LogP contribution in [-0.4, -0.2) is 32.2 Å². The molecule has 29 heavy (non-hydrogen) atoms. The molecule has 3 atom stereocenters. The molecule has 1 saturated heterocycles. The molecule has 156 valence electrons. The molecule has 1 fully saturated rings. The molecular formula is C22H24F4N2O. The number of benzene rings is 2. The number of alkyl halides is 3. The maximum atomic E-state index is 15.1. The summed E-state index contributed by atoms with van der Waals surface area (Å²) in [5.74, 6) is -2.17. The Morgan fingerprint density at radius 2 is 1.66 bits per heavy atom. The summed E-state index contributed by atoms with van der Waals surface area (Å²) in [5.41, 5.74) is -4.39. The summed E-state index contributed by atoms with van der Waals surface area (Å²) in [7, 11) is 1.21. The maximum Gasteiger partial charge on any atom is 0.408 e. The van der Waals surface area contributed by atoms with Crippen molar-refractivity contribution < 1.29 is 22.4 Å². The molecule has 1 aliphatic heterocycles. The van der Waals surface area contributed by atoms with E-state index in [0.29, 0.717) is 19.5 Å². The zero-order chi connectivity index (χ0) is 21.3. The van der Waals surface area contributed by atoms with Crippen molar-refractivity contribution in [3.05, 3.63) is 71.5 Å². The first-order valence-corrected chi connectivity index (χ1v) is 9.50. The van der Waals surface area contributed by atoms with Crippen LogP contribution in [0.4, 0.5) is 17.6 Å². The Morgan fingerprint density at radius 3 is 2.14 bits per heavy atom. The van der Waals surface area contributed by atoms with Crippen LogP contribution in [-0.2, 0) is 15.6 Å². The quantitative estimate of drug-likeness (QED) is 0.736. The van der Waals surface area contributed by atoms with Crippen LogP contribution in [0.25, 0.3) is 0 Å². The minimum atomic E-state index is -4.90. The molecule has 1 amide bonds. The molecule has 2 aromatic rings. The first-order chi connectivity index (χ1) is 13.7. The summed E-state index contributed by atoms with van der Waals surface area (Å²) in [4.78, 5) is 13.2. The number of likely N-dealkylation sites (N-methyl/N-ethyl adjacent to an activating group) is 1. The van der Waals surface area contributed by atoms with Gasteiger partial charge < -0.3 is 10.6 Å². The number of halogens is 4. The summed E-state index contributed by atoms with van der Waals surface area (Å²) >= 11 is 0. The molecule has 2 aromatic carbocycles. The molecule has 1 heterocycles. The Hall–Kier alpha value is -2.41. The molecule has 3 unspecified atom stereocenters. The third kappa shape index (κ3) is 3.21. The zero-order valence-corrected chi connectivity index (χ0v) is 16.3. The molecule has 0 radical (unpaired) electrons. The minimum absolute atomic E-state index is 0.134. The van der Waals surface area contributed by atoms with Crippen LogP contribution in [0.1, 0.15) is 24.5 Å². The summed E-state index contributed by atoms with van der Waals surface area (Å²) in [6.07, 6.45) is -4.43. The van der Waals surface area contributed by atoms with Gasteiger partial charge in [0.1, 0.15) is 5.82 Å². The number of amides is 1. The van der Waals surface area contributed by atoms with Crippen LogP contribution in [0, 0.1) is 11.7 Å². The zero-order valence-electron chi connectivity index (χ0n) is 16.3. The van der Waals surface area contributed by atoms with E-state index in [9.17, 15) is 9.18 Å². The van der Waals surface area contributed by atoms with Crippen LogP contribution in [0.3, 0.4) is 0 Å². The SMILES string of the molecule is CNC(=O)C(c1ccccc1)(C(F)(F)F)C(C)(c1ccc(F)cc1)C1CCNC1. The van der Waals surface area contributed by atoms with Gasteiger partial charge in [-0.3, -0.25) is 4.79 Å². The van der Waals surface area contributed by atoms with Crippen LogP contribution in [0.15, 0.2) is 54.6 Å². The Morgan fingerprint density at radius 1 is 1.03 bits per heavy atom. The third-order valence-corrected chi connectivity index (χ3v) is 6.30. The fourth-order valence-electron chi connectivity index (χ4n) is 4.83. The number of carbonyl (C=O) groups is 1. The normalized spacial score (nSPS) is 21.2. The van der Waals surface area contributed by atoms with Crippen molar-refractivity contribution in [2.45, 2.75) is 30.4 Å². The van der Waals surface area contributed by atoms with Gasteiger partial charge in [0, 0.05) is 12.5 Å². The first-order valence-electron chi connectivity index (χ1n) is 9.50. The van der Waals surface area contributed by atoms with Crippen molar-refractivity contribution in [2.24, 2.45) is 5.92 Å². The molecular weight excluding hydrogens is 384 g/mol. The van der Waals surface area contributed by atoms with Gasteiger partial charge in [-0.2, -0.15) is 13.2 Å². The highest BCUT2D eigenvalue weighted by molar-refractivity contribution is 5.91. The highest BCUT2D eigenvalue weighted by Gasteiger charge is 2.72. The van der Waals surface area contributed by atoms with E-state index in [4.69, 9.17) is 0 Å². The number of rotatable bonds is 5. The van der Waals surface area contributed by atoms with E-state index in [0.717, 1.165) is 12.1 Å². The highest BCUT2D eigenvalue weighted by atomic mass is 19.4. The molecule has 0 aliphatic carbocycles. The number of nitrogens with one attached hydrogen (secondary N) is 2. The first kappa shape index (κ1) is 21.3. The van der Waals surface area contributed by atoms with Gasteiger partial charge in [-0.1, -0.05) is 49.4 Å². The molecule has 2 N–H and O–H groups in total. The second kappa shape index (κ2) is 7.78. The predicted molar refractivity (Wildman–Crippen MR) is 103 cm³/mol. The number of hydrogen-bond donors (Lipinski definition) is 2. The Balaban J connectivity index is 2.43. The van der Waals surface area contributed by atoms with Gasteiger partial charge in [0.25, 0.3) is 0 Å². The van der Waals surface area contributed by atoms with Crippen molar-refractivity contribution in [3.8, 4) is 0 Å². The molecule has 7 heteroatoms. The molecule has 0 saturated carbocycles. The smallest absolute Gasteiger partial charge is 0.358 e. The van der Waals surface area contributed by atoms with Gasteiger partial charge in [0.05, 0.1) is 0 Å². The highest BCUT2D eigenvalue weighted by Crippen LogP contribution is 2.58. The lowest BCUT2D eigenvalue weighted by Gasteiger charge is -2.51. The second-order valence-corrected chi connectivity index (χ2v) is 7.59. The molecule has 0 aromatic heterocycles. The van der Waals surface area contributed by atoms with Gasteiger partial charge >= 0.3 is 6.18 Å². The summed E-state index contributed by atoms with van der Waals surface area (Å²) < 4.78 is 58.8. The van der Waals surface area contributed by atoms with E-state index in [1.165, 1.54) is 50.4 Å². The lowest BCUT2D eigenvalue weighted by Crippen LogP contribution is -2.67. The lowest BCUT2D eigenvalue weighted by molar-refractivity contribution is -0.216. The van der Waals surface area contributed by atoms with Crippen LogP contribution < -0.4 is 10.6 Å². The molecule has 3 rings (SSSR count). The predicted octanol–water partition coefficient (Wildman–Crippen LogP) is 3.94. The Kier molecular flexibility index (Phi) is 5.72. The second-order valence-electron chi connectivity index (χ2n) is 7.59. The van der Waals surface area contributed by atoms with E-state index in [1.807, 2.05) is 0 Å². The van der Waals surface area contributed by atoms with Gasteiger partial charge in [-0.05, 0) is 48.7 Å². The van der Waals surface area contributed by atoms with Crippen molar-refractivity contribution in [1.29, 1.82) is 0 Å². The standard InChI is InChI=1S/C22H24F4N2O/c1-20(17-12-13-28-14-17,15-8-10-18(23)11-9-15)21(19(29)27-2,22(24,25)26)16-6-4-3-5-7-16/h3-11,17,28H,12-14H2,1-2H3,(H,27,29). The Labute approximate surface area is 167 Å².